The Morgan fingerprint density at radius 1 is 1.50 bits per heavy atom. The van der Waals surface area contributed by atoms with Crippen LogP contribution in [0.2, 0.25) is 0 Å². The van der Waals surface area contributed by atoms with Crippen LogP contribution in [-0.4, -0.2) is 16.0 Å². The lowest BCUT2D eigenvalue weighted by atomic mass is 9.94. The maximum absolute atomic E-state index is 11.6. The first-order valence-corrected chi connectivity index (χ1v) is 5.44. The van der Waals surface area contributed by atoms with Crippen LogP contribution >= 0.6 is 0 Å². The van der Waals surface area contributed by atoms with Gasteiger partial charge >= 0.3 is 0 Å². The molecule has 1 amide bonds. The number of rotatable bonds is 4. The highest BCUT2D eigenvalue weighted by molar-refractivity contribution is 5.91. The van der Waals surface area contributed by atoms with E-state index < -0.39 is 0 Å². The molecule has 0 fully saturated rings. The average Bonchev–Trinajstić information content (AvgIpc) is 2.21. The van der Waals surface area contributed by atoms with Crippen molar-refractivity contribution in [2.75, 3.05) is 5.32 Å². The molecule has 1 heterocycles. The van der Waals surface area contributed by atoms with Gasteiger partial charge in [0.25, 0.3) is 0 Å². The maximum Gasteiger partial charge on any atom is 0.225 e. The SMILES string of the molecule is CC(C)[C@@H](C)CC(=O)Nc1ncccc1O. The van der Waals surface area contributed by atoms with E-state index >= 15 is 0 Å². The Labute approximate surface area is 95.7 Å². The summed E-state index contributed by atoms with van der Waals surface area (Å²) in [5.74, 6) is 0.876. The van der Waals surface area contributed by atoms with Crippen molar-refractivity contribution in [3.63, 3.8) is 0 Å². The molecule has 0 radical (unpaired) electrons. The smallest absolute Gasteiger partial charge is 0.225 e. The summed E-state index contributed by atoms with van der Waals surface area (Å²) in [6.07, 6.45) is 1.97. The highest BCUT2D eigenvalue weighted by atomic mass is 16.3. The number of aromatic hydroxyl groups is 1. The van der Waals surface area contributed by atoms with Crippen LogP contribution in [0, 0.1) is 11.8 Å². The third kappa shape index (κ3) is 3.53. The molecule has 1 aromatic rings. The molecule has 0 saturated carbocycles. The summed E-state index contributed by atoms with van der Waals surface area (Å²) in [4.78, 5) is 15.5. The van der Waals surface area contributed by atoms with E-state index in [0.717, 1.165) is 0 Å². The molecule has 0 spiro atoms. The van der Waals surface area contributed by atoms with Gasteiger partial charge in [-0.05, 0) is 24.0 Å². The number of carbonyl (C=O) groups excluding carboxylic acids is 1. The quantitative estimate of drug-likeness (QED) is 0.822. The van der Waals surface area contributed by atoms with Crippen molar-refractivity contribution >= 4 is 11.7 Å². The number of carbonyl (C=O) groups is 1. The minimum Gasteiger partial charge on any atom is -0.504 e. The number of hydrogen-bond donors (Lipinski definition) is 2. The first kappa shape index (κ1) is 12.5. The Balaban J connectivity index is 2.55. The lowest BCUT2D eigenvalue weighted by Gasteiger charge is -2.14. The number of hydrogen-bond acceptors (Lipinski definition) is 3. The van der Waals surface area contributed by atoms with Gasteiger partial charge in [0.05, 0.1) is 0 Å². The molecule has 0 saturated heterocycles. The van der Waals surface area contributed by atoms with Crippen LogP contribution in [0.3, 0.4) is 0 Å². The molecule has 0 aliphatic carbocycles. The predicted octanol–water partition coefficient (Wildman–Crippen LogP) is 2.41. The molecule has 1 aromatic heterocycles. The summed E-state index contributed by atoms with van der Waals surface area (Å²) < 4.78 is 0. The second-order valence-corrected chi connectivity index (χ2v) is 4.34. The molecule has 88 valence electrons. The third-order valence-corrected chi connectivity index (χ3v) is 2.69. The summed E-state index contributed by atoms with van der Waals surface area (Å²) in [6.45, 7) is 6.19. The predicted molar refractivity (Wildman–Crippen MR) is 63.2 cm³/mol. The van der Waals surface area contributed by atoms with E-state index in [4.69, 9.17) is 0 Å². The standard InChI is InChI=1S/C12H18N2O2/c1-8(2)9(3)7-11(16)14-12-10(15)5-4-6-13-12/h4-6,8-9,15H,7H2,1-3H3,(H,13,14,16)/t9-/m0/s1. The summed E-state index contributed by atoms with van der Waals surface area (Å²) in [5.41, 5.74) is 0. The first-order chi connectivity index (χ1) is 7.50. The Kier molecular flexibility index (Phi) is 4.28. The zero-order valence-corrected chi connectivity index (χ0v) is 9.90. The third-order valence-electron chi connectivity index (χ3n) is 2.69. The Bertz CT molecular complexity index is 364. The van der Waals surface area contributed by atoms with Crippen molar-refractivity contribution in [3.8, 4) is 5.75 Å². The summed E-state index contributed by atoms with van der Waals surface area (Å²) in [7, 11) is 0. The number of aromatic nitrogens is 1. The van der Waals surface area contributed by atoms with Gasteiger partial charge in [-0.3, -0.25) is 4.79 Å². The van der Waals surface area contributed by atoms with E-state index in [9.17, 15) is 9.90 Å². The fourth-order valence-corrected chi connectivity index (χ4v) is 1.20. The number of nitrogens with one attached hydrogen (secondary N) is 1. The fraction of sp³-hybridized carbons (Fsp3) is 0.500. The van der Waals surface area contributed by atoms with E-state index in [1.165, 1.54) is 12.3 Å². The molecule has 16 heavy (non-hydrogen) atoms. The van der Waals surface area contributed by atoms with Crippen LogP contribution in [-0.2, 0) is 4.79 Å². The van der Waals surface area contributed by atoms with Crippen molar-refractivity contribution in [1.82, 2.24) is 4.98 Å². The van der Waals surface area contributed by atoms with Gasteiger partial charge in [0.1, 0.15) is 0 Å². The van der Waals surface area contributed by atoms with Crippen LogP contribution in [0.5, 0.6) is 5.75 Å². The monoisotopic (exact) mass is 222 g/mol. The van der Waals surface area contributed by atoms with E-state index in [2.05, 4.69) is 24.1 Å². The molecular formula is C12H18N2O2. The lowest BCUT2D eigenvalue weighted by Crippen LogP contribution is -2.18. The molecular weight excluding hydrogens is 204 g/mol. The molecule has 0 aliphatic rings. The Morgan fingerprint density at radius 2 is 2.19 bits per heavy atom. The number of amides is 1. The normalized spacial score (nSPS) is 12.5. The van der Waals surface area contributed by atoms with Crippen molar-refractivity contribution < 1.29 is 9.90 Å². The van der Waals surface area contributed by atoms with Crippen molar-refractivity contribution in [1.29, 1.82) is 0 Å². The summed E-state index contributed by atoms with van der Waals surface area (Å²) in [5, 5.41) is 12.0. The van der Waals surface area contributed by atoms with Gasteiger partial charge in [0, 0.05) is 12.6 Å². The molecule has 4 nitrogen and oxygen atoms in total. The number of nitrogens with zero attached hydrogens (tertiary/aromatic N) is 1. The average molecular weight is 222 g/mol. The topological polar surface area (TPSA) is 62.2 Å². The van der Waals surface area contributed by atoms with Gasteiger partial charge in [-0.25, -0.2) is 4.98 Å². The maximum atomic E-state index is 11.6. The molecule has 4 heteroatoms. The van der Waals surface area contributed by atoms with Gasteiger partial charge in [-0.15, -0.1) is 0 Å². The van der Waals surface area contributed by atoms with Gasteiger partial charge < -0.3 is 10.4 Å². The van der Waals surface area contributed by atoms with Crippen LogP contribution in [0.15, 0.2) is 18.3 Å². The van der Waals surface area contributed by atoms with Gasteiger partial charge in [0.2, 0.25) is 5.91 Å². The van der Waals surface area contributed by atoms with Gasteiger partial charge in [-0.2, -0.15) is 0 Å². The zero-order chi connectivity index (χ0) is 12.1. The Morgan fingerprint density at radius 3 is 2.75 bits per heavy atom. The second kappa shape index (κ2) is 5.49. The molecule has 1 atom stereocenters. The number of anilines is 1. The van der Waals surface area contributed by atoms with Crippen LogP contribution in [0.4, 0.5) is 5.82 Å². The molecule has 0 aromatic carbocycles. The highest BCUT2D eigenvalue weighted by Crippen LogP contribution is 2.20. The Hall–Kier alpha value is -1.58. The minimum atomic E-state index is -0.116. The summed E-state index contributed by atoms with van der Waals surface area (Å²) in [6, 6.07) is 3.11. The molecule has 0 unspecified atom stereocenters. The minimum absolute atomic E-state index is 0.00644. The highest BCUT2D eigenvalue weighted by Gasteiger charge is 2.13. The molecule has 0 bridgehead atoms. The zero-order valence-electron chi connectivity index (χ0n) is 9.90. The number of pyridine rings is 1. The van der Waals surface area contributed by atoms with Crippen LogP contribution in [0.25, 0.3) is 0 Å². The van der Waals surface area contributed by atoms with E-state index in [1.54, 1.807) is 6.07 Å². The lowest BCUT2D eigenvalue weighted by molar-refractivity contribution is -0.117. The van der Waals surface area contributed by atoms with E-state index in [-0.39, 0.29) is 17.5 Å². The van der Waals surface area contributed by atoms with Crippen molar-refractivity contribution in [3.05, 3.63) is 18.3 Å². The fourth-order valence-electron chi connectivity index (χ4n) is 1.20. The largest absolute Gasteiger partial charge is 0.504 e. The van der Waals surface area contributed by atoms with Gasteiger partial charge in [0.15, 0.2) is 11.6 Å². The van der Waals surface area contributed by atoms with Crippen molar-refractivity contribution in [2.24, 2.45) is 11.8 Å². The summed E-state index contributed by atoms with van der Waals surface area (Å²) >= 11 is 0. The second-order valence-electron chi connectivity index (χ2n) is 4.34. The van der Waals surface area contributed by atoms with E-state index in [0.29, 0.717) is 18.3 Å². The van der Waals surface area contributed by atoms with E-state index in [1.807, 2.05) is 6.92 Å². The molecule has 2 N–H and O–H groups in total. The van der Waals surface area contributed by atoms with Crippen LogP contribution < -0.4 is 5.32 Å². The van der Waals surface area contributed by atoms with Crippen LogP contribution in [0.1, 0.15) is 27.2 Å². The molecule has 0 aliphatic heterocycles. The molecule has 1 rings (SSSR count). The first-order valence-electron chi connectivity index (χ1n) is 5.44. The van der Waals surface area contributed by atoms with Crippen molar-refractivity contribution in [2.45, 2.75) is 27.2 Å². The van der Waals surface area contributed by atoms with Gasteiger partial charge in [-0.1, -0.05) is 20.8 Å².